The Morgan fingerprint density at radius 3 is 2.74 bits per heavy atom. The van der Waals surface area contributed by atoms with E-state index in [0.717, 1.165) is 22.2 Å². The molecule has 0 amide bonds. The summed E-state index contributed by atoms with van der Waals surface area (Å²) in [6, 6.07) is 12.0. The predicted molar refractivity (Wildman–Crippen MR) is 121 cm³/mol. The van der Waals surface area contributed by atoms with Gasteiger partial charge in [-0.3, -0.25) is 5.10 Å². The monoisotopic (exact) mass is 417 g/mol. The van der Waals surface area contributed by atoms with Gasteiger partial charge in [0.05, 0.1) is 11.7 Å². The molecule has 8 nitrogen and oxygen atoms in total. The number of hydrogen-bond acceptors (Lipinski definition) is 6. The molecular weight excluding hydrogens is 390 g/mol. The van der Waals surface area contributed by atoms with Gasteiger partial charge >= 0.3 is 0 Å². The Hall–Kier alpha value is -3.39. The van der Waals surface area contributed by atoms with E-state index in [9.17, 15) is 5.11 Å². The zero-order valence-electron chi connectivity index (χ0n) is 17.9. The molecule has 0 radical (unpaired) electrons. The summed E-state index contributed by atoms with van der Waals surface area (Å²) < 4.78 is 0. The second-order valence-corrected chi connectivity index (χ2v) is 8.78. The van der Waals surface area contributed by atoms with Crippen molar-refractivity contribution < 1.29 is 5.11 Å². The Morgan fingerprint density at radius 1 is 1.13 bits per heavy atom. The van der Waals surface area contributed by atoms with Crippen molar-refractivity contribution in [1.29, 1.82) is 0 Å². The molecule has 1 aromatic carbocycles. The van der Waals surface area contributed by atoms with Crippen molar-refractivity contribution in [3.63, 3.8) is 0 Å². The minimum absolute atomic E-state index is 0.0312. The predicted octanol–water partition coefficient (Wildman–Crippen LogP) is 4.70. The standard InChI is InChI=1S/C23H27N7O/c1-13(15-5-4-6-17-16(15)9-10-24-17)25-22-26-19(23(2,3)31)12-20(28-22)27-21-11-18(29-30-21)14-7-8-14/h4-6,9-14,24,31H,7-8H2,1-3H3,(H3,25,26,27,28,29,30). The Kier molecular flexibility index (Phi) is 4.66. The first-order chi connectivity index (χ1) is 14.9. The van der Waals surface area contributed by atoms with Crippen LogP contribution in [0.4, 0.5) is 17.6 Å². The van der Waals surface area contributed by atoms with E-state index < -0.39 is 5.60 Å². The molecule has 3 aromatic heterocycles. The van der Waals surface area contributed by atoms with E-state index in [2.05, 4.69) is 60.9 Å². The highest BCUT2D eigenvalue weighted by Gasteiger charge is 2.26. The van der Waals surface area contributed by atoms with E-state index in [-0.39, 0.29) is 6.04 Å². The summed E-state index contributed by atoms with van der Waals surface area (Å²) in [4.78, 5) is 12.5. The molecule has 3 heterocycles. The number of fused-ring (bicyclic) bond motifs is 1. The van der Waals surface area contributed by atoms with Crippen LogP contribution >= 0.6 is 0 Å². The smallest absolute Gasteiger partial charge is 0.225 e. The van der Waals surface area contributed by atoms with Gasteiger partial charge in [-0.15, -0.1) is 0 Å². The lowest BCUT2D eigenvalue weighted by Gasteiger charge is -2.21. The van der Waals surface area contributed by atoms with Crippen LogP contribution in [0.15, 0.2) is 42.6 Å². The van der Waals surface area contributed by atoms with Gasteiger partial charge in [-0.05, 0) is 51.3 Å². The lowest BCUT2D eigenvalue weighted by Crippen LogP contribution is -2.20. The fourth-order valence-electron chi connectivity index (χ4n) is 3.78. The quantitative estimate of drug-likeness (QED) is 0.298. The maximum atomic E-state index is 10.6. The third kappa shape index (κ3) is 4.11. The Morgan fingerprint density at radius 2 is 1.97 bits per heavy atom. The normalized spacial score (nSPS) is 15.2. The number of nitrogens with one attached hydrogen (secondary N) is 4. The van der Waals surface area contributed by atoms with Crippen molar-refractivity contribution in [2.45, 2.75) is 51.2 Å². The van der Waals surface area contributed by atoms with Crippen LogP contribution in [0.25, 0.3) is 10.9 Å². The minimum atomic E-state index is -1.11. The maximum absolute atomic E-state index is 10.6. The summed E-state index contributed by atoms with van der Waals surface area (Å²) in [6.45, 7) is 5.50. The molecule has 5 rings (SSSR count). The number of benzene rings is 1. The van der Waals surface area contributed by atoms with E-state index in [1.54, 1.807) is 19.9 Å². The SMILES string of the molecule is CC(Nc1nc(Nc2cc(C3CC3)[nH]n2)cc(C(C)(C)O)n1)c1cccc2[nH]ccc12. The number of hydrogen-bond donors (Lipinski definition) is 5. The molecule has 5 N–H and O–H groups in total. The molecule has 0 bridgehead atoms. The van der Waals surface area contributed by atoms with Gasteiger partial charge in [0, 0.05) is 40.8 Å². The van der Waals surface area contributed by atoms with Gasteiger partial charge in [0.25, 0.3) is 0 Å². The van der Waals surface area contributed by atoms with Gasteiger partial charge in [-0.25, -0.2) is 4.98 Å². The third-order valence-electron chi connectivity index (χ3n) is 5.66. The van der Waals surface area contributed by atoms with Crippen LogP contribution in [0.3, 0.4) is 0 Å². The molecule has 4 aromatic rings. The first kappa shape index (κ1) is 19.6. The lowest BCUT2D eigenvalue weighted by molar-refractivity contribution is 0.0739. The number of anilines is 3. The van der Waals surface area contributed by atoms with E-state index in [1.807, 2.05) is 18.3 Å². The number of H-pyrrole nitrogens is 2. The molecule has 0 aliphatic heterocycles. The summed E-state index contributed by atoms with van der Waals surface area (Å²) >= 11 is 0. The van der Waals surface area contributed by atoms with Crippen LogP contribution in [-0.2, 0) is 5.60 Å². The molecular formula is C23H27N7O. The summed E-state index contributed by atoms with van der Waals surface area (Å²) in [6.07, 6.45) is 4.35. The molecule has 31 heavy (non-hydrogen) atoms. The van der Waals surface area contributed by atoms with Crippen LogP contribution in [-0.4, -0.2) is 30.3 Å². The number of aromatic nitrogens is 5. The summed E-state index contributed by atoms with van der Waals surface area (Å²) in [5, 5.41) is 25.8. The van der Waals surface area contributed by atoms with Crippen molar-refractivity contribution in [3.8, 4) is 0 Å². The van der Waals surface area contributed by atoms with Crippen LogP contribution in [0.5, 0.6) is 0 Å². The van der Waals surface area contributed by atoms with E-state index >= 15 is 0 Å². The first-order valence-corrected chi connectivity index (χ1v) is 10.6. The van der Waals surface area contributed by atoms with Crippen LogP contribution in [0.1, 0.15) is 62.5 Å². The number of nitrogens with zero attached hydrogens (tertiary/aromatic N) is 3. The fourth-order valence-corrected chi connectivity index (χ4v) is 3.78. The van der Waals surface area contributed by atoms with Gasteiger partial charge in [0.15, 0.2) is 5.82 Å². The number of aromatic amines is 2. The number of rotatable bonds is 7. The molecule has 1 fully saturated rings. The summed E-state index contributed by atoms with van der Waals surface area (Å²) in [5.74, 6) is 2.32. The van der Waals surface area contributed by atoms with Crippen molar-refractivity contribution in [2.24, 2.45) is 0 Å². The van der Waals surface area contributed by atoms with E-state index in [1.165, 1.54) is 12.8 Å². The first-order valence-electron chi connectivity index (χ1n) is 10.6. The molecule has 1 aliphatic rings. The van der Waals surface area contributed by atoms with Gasteiger partial charge in [0.2, 0.25) is 5.95 Å². The molecule has 0 spiro atoms. The zero-order chi connectivity index (χ0) is 21.6. The Labute approximate surface area is 180 Å². The maximum Gasteiger partial charge on any atom is 0.225 e. The highest BCUT2D eigenvalue weighted by Crippen LogP contribution is 2.39. The topological polar surface area (TPSA) is 115 Å². The highest BCUT2D eigenvalue weighted by molar-refractivity contribution is 5.83. The Balaban J connectivity index is 1.44. The summed E-state index contributed by atoms with van der Waals surface area (Å²) in [5.41, 5.74) is 2.80. The third-order valence-corrected chi connectivity index (χ3v) is 5.66. The van der Waals surface area contributed by atoms with Crippen molar-refractivity contribution in [1.82, 2.24) is 25.1 Å². The Bertz CT molecular complexity index is 1220. The minimum Gasteiger partial charge on any atom is -0.384 e. The van der Waals surface area contributed by atoms with Crippen molar-refractivity contribution in [2.75, 3.05) is 10.6 Å². The van der Waals surface area contributed by atoms with Crippen LogP contribution in [0.2, 0.25) is 0 Å². The molecule has 1 aliphatic carbocycles. The van der Waals surface area contributed by atoms with Crippen LogP contribution < -0.4 is 10.6 Å². The summed E-state index contributed by atoms with van der Waals surface area (Å²) in [7, 11) is 0. The fraction of sp³-hybridized carbons (Fsp3) is 0.348. The van der Waals surface area contributed by atoms with Gasteiger partial charge < -0.3 is 20.7 Å². The average molecular weight is 418 g/mol. The zero-order valence-corrected chi connectivity index (χ0v) is 17.9. The second kappa shape index (κ2) is 7.39. The van der Waals surface area contributed by atoms with Gasteiger partial charge in [-0.2, -0.15) is 10.1 Å². The molecule has 1 atom stereocenters. The van der Waals surface area contributed by atoms with E-state index in [4.69, 9.17) is 0 Å². The van der Waals surface area contributed by atoms with Crippen molar-refractivity contribution in [3.05, 3.63) is 59.5 Å². The molecule has 1 saturated carbocycles. The van der Waals surface area contributed by atoms with Crippen LogP contribution in [0, 0.1) is 0 Å². The molecule has 8 heteroatoms. The number of aliphatic hydroxyl groups is 1. The van der Waals surface area contributed by atoms with Crippen molar-refractivity contribution >= 4 is 28.5 Å². The highest BCUT2D eigenvalue weighted by atomic mass is 16.3. The van der Waals surface area contributed by atoms with Gasteiger partial charge in [0.1, 0.15) is 11.4 Å². The molecule has 160 valence electrons. The van der Waals surface area contributed by atoms with E-state index in [0.29, 0.717) is 29.2 Å². The largest absolute Gasteiger partial charge is 0.384 e. The lowest BCUT2D eigenvalue weighted by atomic mass is 10.0. The van der Waals surface area contributed by atoms with Gasteiger partial charge in [-0.1, -0.05) is 12.1 Å². The second-order valence-electron chi connectivity index (χ2n) is 8.78. The average Bonchev–Trinajstić information content (AvgIpc) is 3.27. The molecule has 0 saturated heterocycles. The molecule has 1 unspecified atom stereocenters.